The lowest BCUT2D eigenvalue weighted by atomic mass is 9.86. The van der Waals surface area contributed by atoms with Gasteiger partial charge in [-0.15, -0.1) is 10.2 Å². The molecule has 3 aromatic rings. The van der Waals surface area contributed by atoms with E-state index in [-0.39, 0.29) is 11.9 Å². The van der Waals surface area contributed by atoms with Crippen molar-refractivity contribution < 1.29 is 9.21 Å². The number of carbonyl (C=O) groups excluding carboxylic acids is 1. The Morgan fingerprint density at radius 2 is 1.97 bits per heavy atom. The molecule has 1 aliphatic carbocycles. The van der Waals surface area contributed by atoms with Crippen LogP contribution in [0.2, 0.25) is 0 Å². The van der Waals surface area contributed by atoms with Gasteiger partial charge in [-0.25, -0.2) is 9.97 Å². The fraction of sp³-hybridized carbons (Fsp3) is 0.522. The molecule has 3 heterocycles. The number of hydrogen-bond acceptors (Lipinski definition) is 8. The van der Waals surface area contributed by atoms with Crippen LogP contribution in [0.3, 0.4) is 0 Å². The number of furan rings is 1. The highest BCUT2D eigenvalue weighted by Crippen LogP contribution is 2.26. The Bertz CT molecular complexity index is 1050. The van der Waals surface area contributed by atoms with E-state index in [1.165, 1.54) is 42.8 Å². The molecule has 2 atom stereocenters. The molecule has 1 saturated carbocycles. The number of hydrogen-bond donors (Lipinski definition) is 1. The van der Waals surface area contributed by atoms with E-state index in [1.54, 1.807) is 6.26 Å². The van der Waals surface area contributed by atoms with Gasteiger partial charge in [0.15, 0.2) is 10.3 Å². The lowest BCUT2D eigenvalue weighted by molar-refractivity contribution is -0.119. The van der Waals surface area contributed by atoms with Gasteiger partial charge in [0.2, 0.25) is 5.91 Å². The lowest BCUT2D eigenvalue weighted by Crippen LogP contribution is -2.41. The van der Waals surface area contributed by atoms with E-state index in [1.807, 2.05) is 36.6 Å². The summed E-state index contributed by atoms with van der Waals surface area (Å²) in [5, 5.41) is 13.4. The van der Waals surface area contributed by atoms with Crippen LogP contribution in [0.15, 0.2) is 39.2 Å². The highest BCUT2D eigenvalue weighted by molar-refractivity contribution is 7.99. The van der Waals surface area contributed by atoms with Gasteiger partial charge in [-0.2, -0.15) is 0 Å². The first-order valence-corrected chi connectivity index (χ1v) is 13.3. The molecular formula is C23H30N6O2S2. The van der Waals surface area contributed by atoms with E-state index in [0.29, 0.717) is 29.1 Å². The Balaban J connectivity index is 1.43. The molecular weight excluding hydrogens is 456 g/mol. The number of thioether (sulfide) groups is 2. The predicted octanol–water partition coefficient (Wildman–Crippen LogP) is 4.41. The van der Waals surface area contributed by atoms with Crippen LogP contribution in [-0.2, 0) is 17.1 Å². The maximum atomic E-state index is 12.6. The third-order valence-electron chi connectivity index (χ3n) is 5.77. The summed E-state index contributed by atoms with van der Waals surface area (Å²) < 4.78 is 7.56. The van der Waals surface area contributed by atoms with Gasteiger partial charge in [0, 0.05) is 17.4 Å². The van der Waals surface area contributed by atoms with Gasteiger partial charge in [-0.1, -0.05) is 43.3 Å². The predicted molar refractivity (Wildman–Crippen MR) is 129 cm³/mol. The van der Waals surface area contributed by atoms with Crippen LogP contribution in [0, 0.1) is 19.8 Å². The summed E-state index contributed by atoms with van der Waals surface area (Å²) >= 11 is 2.93. The van der Waals surface area contributed by atoms with E-state index in [9.17, 15) is 4.79 Å². The van der Waals surface area contributed by atoms with E-state index in [0.717, 1.165) is 34.5 Å². The first-order valence-electron chi connectivity index (χ1n) is 11.3. The molecule has 0 aromatic carbocycles. The maximum absolute atomic E-state index is 12.6. The zero-order chi connectivity index (χ0) is 23.2. The van der Waals surface area contributed by atoms with Crippen molar-refractivity contribution >= 4 is 29.4 Å². The molecule has 10 heteroatoms. The zero-order valence-corrected chi connectivity index (χ0v) is 20.9. The van der Waals surface area contributed by atoms with Crippen LogP contribution >= 0.6 is 23.5 Å². The Hall–Kier alpha value is -2.33. The van der Waals surface area contributed by atoms with Gasteiger partial charge in [0.25, 0.3) is 0 Å². The first kappa shape index (κ1) is 23.8. The first-order chi connectivity index (χ1) is 16.0. The summed E-state index contributed by atoms with van der Waals surface area (Å²) in [4.78, 5) is 21.6. The number of nitrogens with zero attached hydrogens (tertiary/aromatic N) is 5. The van der Waals surface area contributed by atoms with Gasteiger partial charge in [-0.05, 0) is 50.8 Å². The standard InChI is InChI=1S/C23H30N6O2S2/c1-15-7-4-5-9-19(15)26-21(30)14-33-23-28-27-20(29(23)12-18-8-6-10-31-18)13-32-22-24-16(2)11-17(3)25-22/h6,8,10-11,15,19H,4-5,7,9,12-14H2,1-3H3,(H,26,30). The van der Waals surface area contributed by atoms with Gasteiger partial charge < -0.3 is 9.73 Å². The normalized spacial score (nSPS) is 18.4. The fourth-order valence-electron chi connectivity index (χ4n) is 4.05. The van der Waals surface area contributed by atoms with Gasteiger partial charge >= 0.3 is 0 Å². The van der Waals surface area contributed by atoms with Crippen LogP contribution in [0.1, 0.15) is 55.6 Å². The van der Waals surface area contributed by atoms with E-state index in [2.05, 4.69) is 32.4 Å². The van der Waals surface area contributed by atoms with Crippen LogP contribution in [0.25, 0.3) is 0 Å². The summed E-state index contributed by atoms with van der Waals surface area (Å²) in [6, 6.07) is 6.02. The molecule has 1 amide bonds. The maximum Gasteiger partial charge on any atom is 0.230 e. The van der Waals surface area contributed by atoms with Crippen molar-refractivity contribution in [3.8, 4) is 0 Å². The van der Waals surface area contributed by atoms with Crippen molar-refractivity contribution in [1.29, 1.82) is 0 Å². The topological polar surface area (TPSA) is 98.7 Å². The highest BCUT2D eigenvalue weighted by atomic mass is 32.2. The molecule has 1 aliphatic rings. The van der Waals surface area contributed by atoms with Crippen LogP contribution in [-0.4, -0.2) is 42.4 Å². The van der Waals surface area contributed by atoms with Gasteiger partial charge in [-0.3, -0.25) is 9.36 Å². The molecule has 0 saturated heterocycles. The van der Waals surface area contributed by atoms with E-state index in [4.69, 9.17) is 4.42 Å². The molecule has 0 bridgehead atoms. The van der Waals surface area contributed by atoms with Crippen molar-refractivity contribution in [1.82, 2.24) is 30.0 Å². The summed E-state index contributed by atoms with van der Waals surface area (Å²) in [5.74, 6) is 3.07. The van der Waals surface area contributed by atoms with Crippen molar-refractivity contribution in [3.05, 3.63) is 47.4 Å². The summed E-state index contributed by atoms with van der Waals surface area (Å²) in [6.45, 7) is 6.66. The van der Waals surface area contributed by atoms with Crippen molar-refractivity contribution in [2.24, 2.45) is 5.92 Å². The van der Waals surface area contributed by atoms with Gasteiger partial charge in [0.1, 0.15) is 11.6 Å². The summed E-state index contributed by atoms with van der Waals surface area (Å²) in [6.07, 6.45) is 6.34. The quantitative estimate of drug-likeness (QED) is 0.351. The Kier molecular flexibility index (Phi) is 8.08. The third kappa shape index (κ3) is 6.60. The smallest absolute Gasteiger partial charge is 0.230 e. The third-order valence-corrected chi connectivity index (χ3v) is 7.58. The van der Waals surface area contributed by atoms with Crippen molar-refractivity contribution in [2.75, 3.05) is 5.75 Å². The second-order valence-corrected chi connectivity index (χ2v) is 10.4. The monoisotopic (exact) mass is 486 g/mol. The average Bonchev–Trinajstić information content (AvgIpc) is 3.42. The van der Waals surface area contributed by atoms with Crippen molar-refractivity contribution in [2.45, 2.75) is 75.1 Å². The van der Waals surface area contributed by atoms with Crippen LogP contribution in [0.5, 0.6) is 0 Å². The SMILES string of the molecule is Cc1cc(C)nc(SCc2nnc(SCC(=O)NC3CCCCC3C)n2Cc2ccco2)n1. The lowest BCUT2D eigenvalue weighted by Gasteiger charge is -2.29. The minimum atomic E-state index is 0.0471. The minimum absolute atomic E-state index is 0.0471. The molecule has 0 aliphatic heterocycles. The molecule has 33 heavy (non-hydrogen) atoms. The Morgan fingerprint density at radius 3 is 2.70 bits per heavy atom. The molecule has 1 N–H and O–H groups in total. The molecule has 3 aromatic heterocycles. The second-order valence-electron chi connectivity index (χ2n) is 8.51. The second kappa shape index (κ2) is 11.2. The molecule has 1 fully saturated rings. The molecule has 0 radical (unpaired) electrons. The Morgan fingerprint density at radius 1 is 1.18 bits per heavy atom. The zero-order valence-electron chi connectivity index (χ0n) is 19.3. The number of carbonyl (C=O) groups is 1. The van der Waals surface area contributed by atoms with Crippen LogP contribution in [0.4, 0.5) is 0 Å². The molecule has 176 valence electrons. The average molecular weight is 487 g/mol. The molecule has 2 unspecified atom stereocenters. The molecule has 0 spiro atoms. The van der Waals surface area contributed by atoms with Crippen molar-refractivity contribution in [3.63, 3.8) is 0 Å². The number of amides is 1. The van der Waals surface area contributed by atoms with E-state index >= 15 is 0 Å². The number of aryl methyl sites for hydroxylation is 2. The number of nitrogens with one attached hydrogen (secondary N) is 1. The van der Waals surface area contributed by atoms with E-state index < -0.39 is 0 Å². The largest absolute Gasteiger partial charge is 0.467 e. The number of rotatable bonds is 9. The molecule has 8 nitrogen and oxygen atoms in total. The highest BCUT2D eigenvalue weighted by Gasteiger charge is 2.23. The fourth-order valence-corrected chi connectivity index (χ4v) is 5.70. The summed E-state index contributed by atoms with van der Waals surface area (Å²) in [5.41, 5.74) is 1.88. The summed E-state index contributed by atoms with van der Waals surface area (Å²) in [7, 11) is 0. The minimum Gasteiger partial charge on any atom is -0.467 e. The molecule has 4 rings (SSSR count). The van der Waals surface area contributed by atoms with Crippen LogP contribution < -0.4 is 5.32 Å². The Labute approximate surface area is 202 Å². The number of aromatic nitrogens is 5. The van der Waals surface area contributed by atoms with Gasteiger partial charge in [0.05, 0.1) is 24.3 Å².